The van der Waals surface area contributed by atoms with Gasteiger partial charge in [0, 0.05) is 24.2 Å². The number of aromatic nitrogens is 2. The van der Waals surface area contributed by atoms with Crippen LogP contribution in [0.25, 0.3) is 0 Å². The zero-order valence-corrected chi connectivity index (χ0v) is 11.9. The molecule has 0 aromatic carbocycles. The van der Waals surface area contributed by atoms with E-state index in [-0.39, 0.29) is 23.5 Å². The number of thioether (sulfide) groups is 1. The van der Waals surface area contributed by atoms with E-state index < -0.39 is 0 Å². The van der Waals surface area contributed by atoms with Crippen LogP contribution < -0.4 is 5.56 Å². The van der Waals surface area contributed by atoms with E-state index in [4.69, 9.17) is 0 Å². The SMILES string of the molecule is COC(=O)C(C)CSc1nccn(C(C)C)c1=O. The average Bonchev–Trinajstić information content (AvgIpc) is 2.35. The maximum atomic E-state index is 12.0. The Bertz CT molecular complexity index is 471. The molecule has 0 aliphatic heterocycles. The van der Waals surface area contributed by atoms with Crippen molar-refractivity contribution in [3.63, 3.8) is 0 Å². The van der Waals surface area contributed by atoms with Crippen molar-refractivity contribution in [2.24, 2.45) is 5.92 Å². The number of ether oxygens (including phenoxy) is 1. The maximum Gasteiger partial charge on any atom is 0.309 e. The summed E-state index contributed by atoms with van der Waals surface area (Å²) in [6.45, 7) is 5.64. The molecule has 1 heterocycles. The minimum atomic E-state index is -0.275. The quantitative estimate of drug-likeness (QED) is 0.602. The predicted octanol–water partition coefficient (Wildman–Crippen LogP) is 1.73. The monoisotopic (exact) mass is 270 g/mol. The summed E-state index contributed by atoms with van der Waals surface area (Å²) in [5.41, 5.74) is -0.116. The number of carbonyl (C=O) groups is 1. The molecule has 0 N–H and O–H groups in total. The van der Waals surface area contributed by atoms with Gasteiger partial charge in [0.2, 0.25) is 0 Å². The Morgan fingerprint density at radius 2 is 2.17 bits per heavy atom. The van der Waals surface area contributed by atoms with Gasteiger partial charge in [-0.1, -0.05) is 18.7 Å². The molecule has 0 saturated carbocycles. The smallest absolute Gasteiger partial charge is 0.309 e. The average molecular weight is 270 g/mol. The van der Waals surface area contributed by atoms with E-state index in [2.05, 4.69) is 9.72 Å². The first-order chi connectivity index (χ1) is 8.47. The van der Waals surface area contributed by atoms with Crippen LogP contribution in [0.1, 0.15) is 26.8 Å². The Labute approximate surface area is 111 Å². The van der Waals surface area contributed by atoms with Crippen molar-refractivity contribution in [3.8, 4) is 0 Å². The molecule has 6 heteroatoms. The number of esters is 1. The van der Waals surface area contributed by atoms with Crippen molar-refractivity contribution in [2.75, 3.05) is 12.9 Å². The van der Waals surface area contributed by atoms with Crippen molar-refractivity contribution < 1.29 is 9.53 Å². The summed E-state index contributed by atoms with van der Waals surface area (Å²) in [7, 11) is 1.36. The molecule has 1 aromatic rings. The third-order valence-electron chi connectivity index (χ3n) is 2.47. The van der Waals surface area contributed by atoms with Crippen LogP contribution in [-0.4, -0.2) is 28.4 Å². The van der Waals surface area contributed by atoms with E-state index in [9.17, 15) is 9.59 Å². The van der Waals surface area contributed by atoms with Crippen molar-refractivity contribution in [2.45, 2.75) is 31.8 Å². The minimum Gasteiger partial charge on any atom is -0.469 e. The molecule has 18 heavy (non-hydrogen) atoms. The third kappa shape index (κ3) is 3.60. The summed E-state index contributed by atoms with van der Waals surface area (Å²) in [6.07, 6.45) is 3.27. The first-order valence-corrected chi connectivity index (χ1v) is 6.73. The van der Waals surface area contributed by atoms with Crippen LogP contribution in [-0.2, 0) is 9.53 Å². The lowest BCUT2D eigenvalue weighted by Crippen LogP contribution is -2.24. The molecule has 1 atom stereocenters. The second kappa shape index (κ2) is 6.58. The third-order valence-corrected chi connectivity index (χ3v) is 3.69. The lowest BCUT2D eigenvalue weighted by molar-refractivity contribution is -0.143. The highest BCUT2D eigenvalue weighted by Crippen LogP contribution is 2.16. The number of hydrogen-bond acceptors (Lipinski definition) is 5. The summed E-state index contributed by atoms with van der Waals surface area (Å²) in [6, 6.07) is 0.0953. The first kappa shape index (κ1) is 14.8. The van der Waals surface area contributed by atoms with Crippen LogP contribution in [0, 0.1) is 5.92 Å². The molecule has 0 aliphatic carbocycles. The largest absolute Gasteiger partial charge is 0.469 e. The van der Waals surface area contributed by atoms with Crippen LogP contribution in [0.5, 0.6) is 0 Å². The molecular formula is C12H18N2O3S. The number of methoxy groups -OCH3 is 1. The summed E-state index contributed by atoms with van der Waals surface area (Å²) < 4.78 is 6.26. The van der Waals surface area contributed by atoms with Gasteiger partial charge in [0.15, 0.2) is 5.03 Å². The van der Waals surface area contributed by atoms with Crippen LogP contribution in [0.15, 0.2) is 22.2 Å². The molecule has 1 aromatic heterocycles. The van der Waals surface area contributed by atoms with Crippen molar-refractivity contribution in [1.29, 1.82) is 0 Å². The van der Waals surface area contributed by atoms with Crippen LogP contribution >= 0.6 is 11.8 Å². The highest BCUT2D eigenvalue weighted by molar-refractivity contribution is 7.99. The van der Waals surface area contributed by atoms with E-state index in [1.165, 1.54) is 18.9 Å². The summed E-state index contributed by atoms with van der Waals surface area (Å²) in [5, 5.41) is 0.418. The molecule has 5 nitrogen and oxygen atoms in total. The Hall–Kier alpha value is -1.30. The number of rotatable bonds is 5. The van der Waals surface area contributed by atoms with E-state index in [1.54, 1.807) is 23.9 Å². The Balaban J connectivity index is 2.77. The van der Waals surface area contributed by atoms with Gasteiger partial charge < -0.3 is 9.30 Å². The molecule has 100 valence electrons. The molecule has 0 saturated heterocycles. The highest BCUT2D eigenvalue weighted by atomic mass is 32.2. The van der Waals surface area contributed by atoms with Crippen molar-refractivity contribution in [1.82, 2.24) is 9.55 Å². The molecule has 0 fully saturated rings. The van der Waals surface area contributed by atoms with Crippen LogP contribution in [0.3, 0.4) is 0 Å². The molecule has 1 rings (SSSR count). The minimum absolute atomic E-state index is 0.0953. The maximum absolute atomic E-state index is 12.0. The summed E-state index contributed by atoms with van der Waals surface area (Å²) >= 11 is 1.29. The fourth-order valence-electron chi connectivity index (χ4n) is 1.39. The molecule has 0 radical (unpaired) electrons. The number of nitrogens with zero attached hydrogens (tertiary/aromatic N) is 2. The van der Waals surface area contributed by atoms with Gasteiger partial charge in [-0.15, -0.1) is 0 Å². The predicted molar refractivity (Wildman–Crippen MR) is 70.8 cm³/mol. The summed E-state index contributed by atoms with van der Waals surface area (Å²) in [5.74, 6) is -0.0478. The van der Waals surface area contributed by atoms with Crippen LogP contribution in [0.2, 0.25) is 0 Å². The zero-order valence-electron chi connectivity index (χ0n) is 11.0. The fraction of sp³-hybridized carbons (Fsp3) is 0.583. The Kier molecular flexibility index (Phi) is 5.40. The van der Waals surface area contributed by atoms with Gasteiger partial charge in [0.1, 0.15) is 0 Å². The molecule has 0 amide bonds. The van der Waals surface area contributed by atoms with E-state index in [1.807, 2.05) is 13.8 Å². The topological polar surface area (TPSA) is 61.2 Å². The second-order valence-electron chi connectivity index (χ2n) is 4.27. The molecule has 0 bridgehead atoms. The van der Waals surface area contributed by atoms with Gasteiger partial charge in [-0.05, 0) is 13.8 Å². The molecule has 0 aliphatic rings. The zero-order chi connectivity index (χ0) is 13.7. The Morgan fingerprint density at radius 1 is 1.50 bits per heavy atom. The van der Waals surface area contributed by atoms with Crippen molar-refractivity contribution >= 4 is 17.7 Å². The van der Waals surface area contributed by atoms with Gasteiger partial charge in [0.25, 0.3) is 5.56 Å². The Morgan fingerprint density at radius 3 is 2.72 bits per heavy atom. The van der Waals surface area contributed by atoms with Gasteiger partial charge in [-0.3, -0.25) is 9.59 Å². The highest BCUT2D eigenvalue weighted by Gasteiger charge is 2.15. The second-order valence-corrected chi connectivity index (χ2v) is 5.28. The fourth-order valence-corrected chi connectivity index (χ4v) is 2.29. The van der Waals surface area contributed by atoms with Gasteiger partial charge >= 0.3 is 5.97 Å². The lowest BCUT2D eigenvalue weighted by atomic mass is 10.2. The van der Waals surface area contributed by atoms with E-state index in [0.717, 1.165) is 0 Å². The number of hydrogen-bond donors (Lipinski definition) is 0. The van der Waals surface area contributed by atoms with E-state index >= 15 is 0 Å². The van der Waals surface area contributed by atoms with Crippen molar-refractivity contribution in [3.05, 3.63) is 22.7 Å². The standard InChI is InChI=1S/C12H18N2O3S/c1-8(2)14-6-5-13-10(11(14)15)18-7-9(3)12(16)17-4/h5-6,8-9H,7H2,1-4H3. The van der Waals surface area contributed by atoms with Gasteiger partial charge in [-0.25, -0.2) is 4.98 Å². The molecule has 0 spiro atoms. The normalized spacial score (nSPS) is 12.5. The van der Waals surface area contributed by atoms with Gasteiger partial charge in [-0.2, -0.15) is 0 Å². The molecule has 1 unspecified atom stereocenters. The van der Waals surface area contributed by atoms with E-state index in [0.29, 0.717) is 10.8 Å². The summed E-state index contributed by atoms with van der Waals surface area (Å²) in [4.78, 5) is 27.3. The van der Waals surface area contributed by atoms with Gasteiger partial charge in [0.05, 0.1) is 13.0 Å². The molecular weight excluding hydrogens is 252 g/mol. The number of carbonyl (C=O) groups excluding carboxylic acids is 1. The first-order valence-electron chi connectivity index (χ1n) is 5.75. The van der Waals surface area contributed by atoms with Crippen LogP contribution in [0.4, 0.5) is 0 Å². The lowest BCUT2D eigenvalue weighted by Gasteiger charge is -2.11.